The molecular formula is C10H8O2. The average molecular weight is 160 g/mol. The van der Waals surface area contributed by atoms with Gasteiger partial charge in [-0.3, -0.25) is 0 Å². The van der Waals surface area contributed by atoms with Crippen molar-refractivity contribution in [3.05, 3.63) is 24.3 Å². The third kappa shape index (κ3) is 1.10. The molecule has 0 radical (unpaired) electrons. The van der Waals surface area contributed by atoms with Crippen LogP contribution in [0.4, 0.5) is 0 Å². The molecule has 0 saturated heterocycles. The van der Waals surface area contributed by atoms with Gasteiger partial charge in [0.15, 0.2) is 17.6 Å². The van der Waals surface area contributed by atoms with Crippen molar-refractivity contribution in [1.29, 1.82) is 0 Å². The predicted octanol–water partition coefficient (Wildman–Crippen LogP) is 1.46. The third-order valence-electron chi connectivity index (χ3n) is 1.69. The minimum absolute atomic E-state index is 0.250. The molecule has 1 aromatic rings. The van der Waals surface area contributed by atoms with Crippen molar-refractivity contribution in [2.24, 2.45) is 0 Å². The van der Waals surface area contributed by atoms with Gasteiger partial charge >= 0.3 is 0 Å². The molecule has 0 aliphatic carbocycles. The lowest BCUT2D eigenvalue weighted by molar-refractivity contribution is 0.129. The van der Waals surface area contributed by atoms with E-state index in [4.69, 9.17) is 15.9 Å². The number of para-hydroxylation sites is 2. The Morgan fingerprint density at radius 1 is 1.33 bits per heavy atom. The number of ether oxygens (including phenoxy) is 2. The molecule has 0 bridgehead atoms. The molecule has 1 aliphatic heterocycles. The molecule has 2 heteroatoms. The number of hydrogen-bond acceptors (Lipinski definition) is 2. The Morgan fingerprint density at radius 2 is 2.08 bits per heavy atom. The van der Waals surface area contributed by atoms with Crippen LogP contribution in [0.3, 0.4) is 0 Å². The van der Waals surface area contributed by atoms with E-state index in [2.05, 4.69) is 5.92 Å². The first kappa shape index (κ1) is 7.05. The summed E-state index contributed by atoms with van der Waals surface area (Å²) in [6.45, 7) is 0.438. The Labute approximate surface area is 71.1 Å². The van der Waals surface area contributed by atoms with Gasteiger partial charge in [0.05, 0.1) is 0 Å². The lowest BCUT2D eigenvalue weighted by Gasteiger charge is -2.22. The summed E-state index contributed by atoms with van der Waals surface area (Å²) in [5.41, 5.74) is 0. The largest absolute Gasteiger partial charge is 0.485 e. The lowest BCUT2D eigenvalue weighted by atomic mass is 10.3. The lowest BCUT2D eigenvalue weighted by Crippen LogP contribution is -2.27. The van der Waals surface area contributed by atoms with Crippen LogP contribution in [0.15, 0.2) is 24.3 Å². The highest BCUT2D eigenvalue weighted by atomic mass is 16.6. The molecule has 0 amide bonds. The van der Waals surface area contributed by atoms with Crippen LogP contribution in [-0.4, -0.2) is 12.7 Å². The molecule has 0 fully saturated rings. The zero-order chi connectivity index (χ0) is 8.39. The van der Waals surface area contributed by atoms with Gasteiger partial charge in [0.1, 0.15) is 6.61 Å². The van der Waals surface area contributed by atoms with Crippen LogP contribution >= 0.6 is 0 Å². The van der Waals surface area contributed by atoms with Crippen LogP contribution in [0.25, 0.3) is 0 Å². The highest BCUT2D eigenvalue weighted by Crippen LogP contribution is 2.30. The van der Waals surface area contributed by atoms with E-state index in [0.29, 0.717) is 6.61 Å². The Balaban J connectivity index is 2.30. The van der Waals surface area contributed by atoms with E-state index in [-0.39, 0.29) is 6.10 Å². The summed E-state index contributed by atoms with van der Waals surface area (Å²) in [7, 11) is 0. The molecule has 1 atom stereocenters. The maximum Gasteiger partial charge on any atom is 0.192 e. The number of rotatable bonds is 0. The van der Waals surface area contributed by atoms with Gasteiger partial charge in [0.2, 0.25) is 0 Å². The van der Waals surface area contributed by atoms with Crippen molar-refractivity contribution >= 4 is 0 Å². The molecule has 1 aromatic carbocycles. The van der Waals surface area contributed by atoms with Gasteiger partial charge < -0.3 is 9.47 Å². The zero-order valence-corrected chi connectivity index (χ0v) is 6.49. The zero-order valence-electron chi connectivity index (χ0n) is 6.49. The van der Waals surface area contributed by atoms with E-state index in [1.54, 1.807) is 0 Å². The molecule has 12 heavy (non-hydrogen) atoms. The molecule has 1 aliphatic rings. The minimum atomic E-state index is -0.250. The number of fused-ring (bicyclic) bond motifs is 1. The van der Waals surface area contributed by atoms with Gasteiger partial charge in [-0.25, -0.2) is 0 Å². The summed E-state index contributed by atoms with van der Waals surface area (Å²) in [4.78, 5) is 0. The van der Waals surface area contributed by atoms with Gasteiger partial charge in [-0.2, -0.15) is 0 Å². The first-order chi connectivity index (χ1) is 5.90. The summed E-state index contributed by atoms with van der Waals surface area (Å²) in [5.74, 6) is 3.99. The van der Waals surface area contributed by atoms with Gasteiger partial charge in [0, 0.05) is 0 Å². The average Bonchev–Trinajstić information content (AvgIpc) is 2.17. The molecule has 1 unspecified atom stereocenters. The van der Waals surface area contributed by atoms with Crippen molar-refractivity contribution in [2.45, 2.75) is 6.10 Å². The van der Waals surface area contributed by atoms with E-state index in [1.807, 2.05) is 24.3 Å². The Hall–Kier alpha value is -1.62. The van der Waals surface area contributed by atoms with Crippen molar-refractivity contribution < 1.29 is 9.47 Å². The normalized spacial score (nSPS) is 19.8. The van der Waals surface area contributed by atoms with E-state index < -0.39 is 0 Å². The molecule has 0 spiro atoms. The minimum Gasteiger partial charge on any atom is -0.485 e. The fraction of sp³-hybridized carbons (Fsp3) is 0.200. The van der Waals surface area contributed by atoms with E-state index >= 15 is 0 Å². The number of terminal acetylenes is 1. The molecule has 0 aromatic heterocycles. The van der Waals surface area contributed by atoms with Gasteiger partial charge in [-0.1, -0.05) is 18.1 Å². The molecule has 2 nitrogen and oxygen atoms in total. The van der Waals surface area contributed by atoms with E-state index in [1.165, 1.54) is 0 Å². The molecule has 2 rings (SSSR count). The molecule has 0 saturated carbocycles. The SMILES string of the molecule is C#CC1COc2ccccc2O1. The molecule has 1 heterocycles. The van der Waals surface area contributed by atoms with Gasteiger partial charge in [-0.15, -0.1) is 6.42 Å². The van der Waals surface area contributed by atoms with Gasteiger partial charge in [-0.05, 0) is 12.1 Å². The maximum absolute atomic E-state index is 5.42. The van der Waals surface area contributed by atoms with Crippen molar-refractivity contribution in [3.8, 4) is 23.8 Å². The Bertz CT molecular complexity index is 325. The highest BCUT2D eigenvalue weighted by molar-refractivity contribution is 5.41. The Kier molecular flexibility index (Phi) is 1.64. The highest BCUT2D eigenvalue weighted by Gasteiger charge is 2.17. The summed E-state index contributed by atoms with van der Waals surface area (Å²) < 4.78 is 10.8. The van der Waals surface area contributed by atoms with Crippen molar-refractivity contribution in [1.82, 2.24) is 0 Å². The second-order valence-electron chi connectivity index (χ2n) is 2.53. The van der Waals surface area contributed by atoms with Crippen LogP contribution in [0.1, 0.15) is 0 Å². The first-order valence-corrected chi connectivity index (χ1v) is 3.75. The van der Waals surface area contributed by atoms with Crippen molar-refractivity contribution in [2.75, 3.05) is 6.61 Å². The number of hydrogen-bond donors (Lipinski definition) is 0. The van der Waals surface area contributed by atoms with Crippen molar-refractivity contribution in [3.63, 3.8) is 0 Å². The summed E-state index contributed by atoms with van der Waals surface area (Å²) in [5, 5.41) is 0. The smallest absolute Gasteiger partial charge is 0.192 e. The summed E-state index contributed by atoms with van der Waals surface area (Å²) in [6, 6.07) is 7.50. The maximum atomic E-state index is 5.42. The van der Waals surface area contributed by atoms with Gasteiger partial charge in [0.25, 0.3) is 0 Å². The Morgan fingerprint density at radius 3 is 2.83 bits per heavy atom. The second kappa shape index (κ2) is 2.78. The predicted molar refractivity (Wildman–Crippen MR) is 45.2 cm³/mol. The summed E-state index contributed by atoms with van der Waals surface area (Å²) in [6.07, 6.45) is 4.96. The fourth-order valence-corrected chi connectivity index (χ4v) is 1.10. The van der Waals surface area contributed by atoms with Crippen LogP contribution in [-0.2, 0) is 0 Å². The molecular weight excluding hydrogens is 152 g/mol. The fourth-order valence-electron chi connectivity index (χ4n) is 1.10. The summed E-state index contributed by atoms with van der Waals surface area (Å²) >= 11 is 0. The van der Waals surface area contributed by atoms with E-state index in [0.717, 1.165) is 11.5 Å². The van der Waals surface area contributed by atoms with Crippen LogP contribution in [0.2, 0.25) is 0 Å². The monoisotopic (exact) mass is 160 g/mol. The van der Waals surface area contributed by atoms with E-state index in [9.17, 15) is 0 Å². The van der Waals surface area contributed by atoms with Crippen LogP contribution in [0, 0.1) is 12.3 Å². The quantitative estimate of drug-likeness (QED) is 0.535. The van der Waals surface area contributed by atoms with Crippen LogP contribution in [0.5, 0.6) is 11.5 Å². The third-order valence-corrected chi connectivity index (χ3v) is 1.69. The topological polar surface area (TPSA) is 18.5 Å². The standard InChI is InChI=1S/C10H8O2/c1-2-8-7-11-9-5-3-4-6-10(9)12-8/h1,3-6,8H,7H2. The molecule has 60 valence electrons. The van der Waals surface area contributed by atoms with Crippen LogP contribution < -0.4 is 9.47 Å². The molecule has 0 N–H and O–H groups in total. The first-order valence-electron chi connectivity index (χ1n) is 3.75. The number of benzene rings is 1. The second-order valence-corrected chi connectivity index (χ2v) is 2.53.